The average Bonchev–Trinajstić information content (AvgIpc) is 3.04. The van der Waals surface area contributed by atoms with E-state index < -0.39 is 23.9 Å². The van der Waals surface area contributed by atoms with Gasteiger partial charge in [0.15, 0.2) is 0 Å². The molecule has 4 heteroatoms. The Morgan fingerprint density at radius 1 is 1.19 bits per heavy atom. The van der Waals surface area contributed by atoms with Crippen LogP contribution in [-0.4, -0.2) is 44.3 Å². The molecule has 0 radical (unpaired) electrons. The van der Waals surface area contributed by atoms with Crippen LogP contribution in [0.5, 0.6) is 0 Å². The molecule has 0 saturated heterocycles. The fourth-order valence-electron chi connectivity index (χ4n) is 6.65. The third-order valence-corrected chi connectivity index (χ3v) is 8.70. The molecule has 3 aliphatic carbocycles. The molecule has 0 aliphatic heterocycles. The molecule has 0 aromatic heterocycles. The number of rotatable bonds is 6. The Bertz CT molecular complexity index is 715. The van der Waals surface area contributed by atoms with E-state index in [2.05, 4.69) is 32.6 Å². The largest absolute Gasteiger partial charge is 0.393 e. The molecule has 3 fully saturated rings. The summed E-state index contributed by atoms with van der Waals surface area (Å²) < 4.78 is 0. The van der Waals surface area contributed by atoms with Crippen molar-refractivity contribution in [1.82, 2.24) is 0 Å². The average molecular weight is 433 g/mol. The number of aliphatic hydroxyl groups excluding tert-OH is 3. The molecule has 3 rings (SSSR count). The minimum atomic E-state index is -1.04. The summed E-state index contributed by atoms with van der Waals surface area (Å²) in [7, 11) is 0. The first-order valence-electron chi connectivity index (χ1n) is 12.3. The van der Waals surface area contributed by atoms with Crippen LogP contribution in [0.2, 0.25) is 0 Å². The van der Waals surface area contributed by atoms with Crippen molar-refractivity contribution in [2.24, 2.45) is 23.2 Å². The maximum absolute atomic E-state index is 10.3. The first kappa shape index (κ1) is 24.7. The summed E-state index contributed by atoms with van der Waals surface area (Å²) >= 11 is 0. The third kappa shape index (κ3) is 5.35. The fraction of sp³-hybridized carbons (Fsp3) is 0.778. The molecule has 0 bridgehead atoms. The van der Waals surface area contributed by atoms with Gasteiger partial charge in [-0.05, 0) is 99.5 Å². The summed E-state index contributed by atoms with van der Waals surface area (Å²) in [5.41, 5.74) is 2.48. The minimum absolute atomic E-state index is 0.282. The van der Waals surface area contributed by atoms with Crippen molar-refractivity contribution in [2.75, 3.05) is 0 Å². The Labute approximate surface area is 188 Å². The molecule has 0 aromatic rings. The van der Waals surface area contributed by atoms with Gasteiger partial charge in [-0.2, -0.15) is 0 Å². The van der Waals surface area contributed by atoms with Crippen LogP contribution < -0.4 is 0 Å². The number of fused-ring (bicyclic) bond motifs is 1. The van der Waals surface area contributed by atoms with Crippen molar-refractivity contribution in [3.8, 4) is 0 Å². The van der Waals surface area contributed by atoms with Gasteiger partial charge in [-0.15, -0.1) is 0 Å². The van der Waals surface area contributed by atoms with Crippen molar-refractivity contribution in [3.05, 3.63) is 35.5 Å². The fourth-order valence-corrected chi connectivity index (χ4v) is 6.65. The number of hydrogen-bond donors (Lipinski definition) is 4. The van der Waals surface area contributed by atoms with Crippen LogP contribution in [0.4, 0.5) is 0 Å². The predicted octanol–water partition coefficient (Wildman–Crippen LogP) is 4.68. The number of aliphatic hydroxyl groups is 4. The van der Waals surface area contributed by atoms with E-state index in [9.17, 15) is 20.4 Å². The zero-order valence-corrected chi connectivity index (χ0v) is 20.0. The Kier molecular flexibility index (Phi) is 7.57. The lowest BCUT2D eigenvalue weighted by Crippen LogP contribution is -2.38. The standard InChI is InChI=1S/C27H44O4/c1-17(8-13-25(30)26(3,4)31)22-11-12-23-19(7-6-14-27(22,23)5)9-10-20-15-21(28)16-24(29)18(20)2/h9-10,17,21-25,28-31H,2,6-8,11-16H2,1,3-5H3/t17-,21-,22-,23?,24+,25?,27-/m1/s1. The van der Waals surface area contributed by atoms with Gasteiger partial charge in [-0.25, -0.2) is 0 Å². The first-order valence-corrected chi connectivity index (χ1v) is 12.3. The SMILES string of the molecule is C=C1C(=CC=C2CCC[C@@]3(C)C2CC[C@@H]3[C@H](C)CCC(O)C(C)(C)O)C[C@@H](O)C[C@@H]1O. The van der Waals surface area contributed by atoms with Gasteiger partial charge >= 0.3 is 0 Å². The smallest absolute Gasteiger partial charge is 0.0849 e. The lowest BCUT2D eigenvalue weighted by molar-refractivity contribution is -0.0554. The topological polar surface area (TPSA) is 80.9 Å². The molecule has 0 amide bonds. The van der Waals surface area contributed by atoms with Gasteiger partial charge in [0.1, 0.15) is 0 Å². The summed E-state index contributed by atoms with van der Waals surface area (Å²) in [6.45, 7) is 12.2. The second-order valence-corrected chi connectivity index (χ2v) is 11.4. The summed E-state index contributed by atoms with van der Waals surface area (Å²) in [4.78, 5) is 0. The minimum Gasteiger partial charge on any atom is -0.393 e. The van der Waals surface area contributed by atoms with E-state index in [1.165, 1.54) is 31.3 Å². The molecule has 0 aromatic carbocycles. The molecule has 4 N–H and O–H groups in total. The van der Waals surface area contributed by atoms with Gasteiger partial charge in [0.2, 0.25) is 0 Å². The molecule has 7 atom stereocenters. The molecular weight excluding hydrogens is 388 g/mol. The van der Waals surface area contributed by atoms with E-state index in [1.54, 1.807) is 13.8 Å². The molecule has 0 heterocycles. The summed E-state index contributed by atoms with van der Waals surface area (Å²) in [5, 5.41) is 40.5. The van der Waals surface area contributed by atoms with Gasteiger partial charge in [0.25, 0.3) is 0 Å². The number of hydrogen-bond acceptors (Lipinski definition) is 4. The van der Waals surface area contributed by atoms with Crippen molar-refractivity contribution in [3.63, 3.8) is 0 Å². The van der Waals surface area contributed by atoms with E-state index in [4.69, 9.17) is 0 Å². The zero-order chi connectivity index (χ0) is 23.0. The molecule has 4 nitrogen and oxygen atoms in total. The second kappa shape index (κ2) is 9.51. The van der Waals surface area contributed by atoms with Gasteiger partial charge in [-0.3, -0.25) is 0 Å². The predicted molar refractivity (Wildman–Crippen MR) is 125 cm³/mol. The molecule has 3 aliphatic rings. The van der Waals surface area contributed by atoms with Crippen molar-refractivity contribution >= 4 is 0 Å². The molecule has 0 spiro atoms. The zero-order valence-electron chi connectivity index (χ0n) is 20.0. The Balaban J connectivity index is 1.71. The van der Waals surface area contributed by atoms with E-state index >= 15 is 0 Å². The van der Waals surface area contributed by atoms with E-state index in [-0.39, 0.29) is 5.41 Å². The molecule has 2 unspecified atom stereocenters. The Morgan fingerprint density at radius 2 is 1.90 bits per heavy atom. The molecule has 31 heavy (non-hydrogen) atoms. The highest BCUT2D eigenvalue weighted by Gasteiger charge is 2.50. The maximum atomic E-state index is 10.3. The maximum Gasteiger partial charge on any atom is 0.0849 e. The van der Waals surface area contributed by atoms with Crippen LogP contribution in [0.3, 0.4) is 0 Å². The van der Waals surface area contributed by atoms with Crippen LogP contribution in [0, 0.1) is 23.2 Å². The Hall–Kier alpha value is -0.940. The van der Waals surface area contributed by atoms with Gasteiger partial charge < -0.3 is 20.4 Å². The molecule has 3 saturated carbocycles. The van der Waals surface area contributed by atoms with E-state index in [0.717, 1.165) is 24.0 Å². The second-order valence-electron chi connectivity index (χ2n) is 11.4. The highest BCUT2D eigenvalue weighted by atomic mass is 16.3. The van der Waals surface area contributed by atoms with Gasteiger partial charge in [-0.1, -0.05) is 38.2 Å². The molecule has 176 valence electrons. The lowest BCUT2D eigenvalue weighted by atomic mass is 9.60. The van der Waals surface area contributed by atoms with Crippen LogP contribution in [0.25, 0.3) is 0 Å². The number of allylic oxidation sites excluding steroid dienone is 3. The Morgan fingerprint density at radius 3 is 2.58 bits per heavy atom. The summed E-state index contributed by atoms with van der Waals surface area (Å²) in [5.74, 6) is 1.74. The highest BCUT2D eigenvalue weighted by molar-refractivity contribution is 5.38. The van der Waals surface area contributed by atoms with Crippen molar-refractivity contribution < 1.29 is 20.4 Å². The van der Waals surface area contributed by atoms with Crippen LogP contribution >= 0.6 is 0 Å². The van der Waals surface area contributed by atoms with Gasteiger partial charge in [0.05, 0.1) is 23.9 Å². The summed E-state index contributed by atoms with van der Waals surface area (Å²) in [6.07, 6.45) is 11.1. The monoisotopic (exact) mass is 432 g/mol. The third-order valence-electron chi connectivity index (χ3n) is 8.70. The van der Waals surface area contributed by atoms with Crippen molar-refractivity contribution in [1.29, 1.82) is 0 Å². The summed E-state index contributed by atoms with van der Waals surface area (Å²) in [6, 6.07) is 0. The van der Waals surface area contributed by atoms with Gasteiger partial charge in [0, 0.05) is 6.42 Å². The lowest BCUT2D eigenvalue weighted by Gasteiger charge is -2.44. The quantitative estimate of drug-likeness (QED) is 0.491. The van der Waals surface area contributed by atoms with E-state index in [0.29, 0.717) is 37.0 Å². The van der Waals surface area contributed by atoms with E-state index in [1.807, 2.05) is 0 Å². The van der Waals surface area contributed by atoms with Crippen LogP contribution in [0.15, 0.2) is 35.5 Å². The highest BCUT2D eigenvalue weighted by Crippen LogP contribution is 2.60. The normalized spacial score (nSPS) is 39.0. The molecular formula is C27H44O4. The van der Waals surface area contributed by atoms with Crippen LogP contribution in [-0.2, 0) is 0 Å². The van der Waals surface area contributed by atoms with Crippen molar-refractivity contribution in [2.45, 2.75) is 109 Å². The first-order chi connectivity index (χ1) is 14.4. The van der Waals surface area contributed by atoms with Crippen LogP contribution in [0.1, 0.15) is 85.5 Å².